The number of nitrogens with zero attached hydrogens (tertiary/aromatic N) is 4. The molecule has 1 amide bonds. The molecule has 124 valence electrons. The lowest BCUT2D eigenvalue weighted by atomic mass is 10.1. The summed E-state index contributed by atoms with van der Waals surface area (Å²) in [6.07, 6.45) is 0.309. The van der Waals surface area contributed by atoms with Gasteiger partial charge in [0.15, 0.2) is 0 Å². The minimum absolute atomic E-state index is 0. The van der Waals surface area contributed by atoms with E-state index in [4.69, 9.17) is 0 Å². The van der Waals surface area contributed by atoms with E-state index in [1.54, 1.807) is 4.68 Å². The summed E-state index contributed by atoms with van der Waals surface area (Å²) < 4.78 is 1.78. The molecule has 1 N–H and O–H groups in total. The minimum Gasteiger partial charge on any atom is -0.337 e. The predicted molar refractivity (Wildman–Crippen MR) is 91.1 cm³/mol. The van der Waals surface area contributed by atoms with E-state index < -0.39 is 0 Å². The third kappa shape index (κ3) is 3.71. The first-order valence-corrected chi connectivity index (χ1v) is 7.63. The molecule has 0 bridgehead atoms. The zero-order valence-electron chi connectivity index (χ0n) is 13.4. The van der Waals surface area contributed by atoms with Crippen LogP contribution < -0.4 is 5.32 Å². The predicted octanol–water partition coefficient (Wildman–Crippen LogP) is 1.36. The summed E-state index contributed by atoms with van der Waals surface area (Å²) in [6.45, 7) is 6.48. The first-order valence-electron chi connectivity index (χ1n) is 7.63. The Bertz CT molecular complexity index is 658. The lowest BCUT2D eigenvalue weighted by Crippen LogP contribution is -2.52. The fourth-order valence-electron chi connectivity index (χ4n) is 2.79. The van der Waals surface area contributed by atoms with Gasteiger partial charge in [-0.2, -0.15) is 0 Å². The normalized spacial score (nSPS) is 17.7. The number of aromatic nitrogens is 3. The maximum atomic E-state index is 12.5. The molecule has 1 fully saturated rings. The fraction of sp³-hybridized carbons (Fsp3) is 0.438. The molecule has 0 aliphatic carbocycles. The van der Waals surface area contributed by atoms with Crippen LogP contribution in [0.4, 0.5) is 0 Å². The Hall–Kier alpha value is -1.92. The van der Waals surface area contributed by atoms with Gasteiger partial charge in [-0.25, -0.2) is 4.68 Å². The average Bonchev–Trinajstić information content (AvgIpc) is 2.89. The van der Waals surface area contributed by atoms with Gasteiger partial charge in [0, 0.05) is 25.7 Å². The molecular formula is C16H22ClN5O. The summed E-state index contributed by atoms with van der Waals surface area (Å²) >= 11 is 0. The molecule has 0 saturated carbocycles. The summed E-state index contributed by atoms with van der Waals surface area (Å²) in [5, 5.41) is 11.7. The molecule has 1 saturated heterocycles. The molecule has 0 unspecified atom stereocenters. The van der Waals surface area contributed by atoms with Crippen LogP contribution >= 0.6 is 12.4 Å². The van der Waals surface area contributed by atoms with Crippen LogP contribution in [0, 0.1) is 6.92 Å². The van der Waals surface area contributed by atoms with E-state index in [2.05, 4.69) is 22.6 Å². The van der Waals surface area contributed by atoms with Crippen molar-refractivity contribution in [3.05, 3.63) is 41.7 Å². The lowest BCUT2D eigenvalue weighted by Gasteiger charge is -2.33. The molecule has 1 aliphatic heterocycles. The van der Waals surface area contributed by atoms with Crippen LogP contribution in [0.25, 0.3) is 5.69 Å². The minimum atomic E-state index is 0. The number of carbonyl (C=O) groups excluding carboxylic acids is 1. The van der Waals surface area contributed by atoms with Crippen LogP contribution in [0.5, 0.6) is 0 Å². The average molecular weight is 336 g/mol. The number of para-hydroxylation sites is 1. The SMILES string of the molecule is Cc1c(CC(=O)N2CCNC[C@H]2C)nnn1-c1ccccc1.Cl. The number of nitrogens with one attached hydrogen (secondary N) is 1. The topological polar surface area (TPSA) is 63.1 Å². The number of hydrogen-bond donors (Lipinski definition) is 1. The van der Waals surface area contributed by atoms with Crippen molar-refractivity contribution >= 4 is 18.3 Å². The van der Waals surface area contributed by atoms with E-state index in [0.717, 1.165) is 36.7 Å². The highest BCUT2D eigenvalue weighted by atomic mass is 35.5. The Morgan fingerprint density at radius 1 is 1.35 bits per heavy atom. The highest BCUT2D eigenvalue weighted by Gasteiger charge is 2.24. The first kappa shape index (κ1) is 17.4. The van der Waals surface area contributed by atoms with Crippen molar-refractivity contribution in [1.29, 1.82) is 0 Å². The molecule has 1 aromatic heterocycles. The van der Waals surface area contributed by atoms with Crippen LogP contribution in [0.15, 0.2) is 30.3 Å². The molecular weight excluding hydrogens is 314 g/mol. The third-order valence-corrected chi connectivity index (χ3v) is 4.13. The van der Waals surface area contributed by atoms with Gasteiger partial charge in [0.25, 0.3) is 0 Å². The Labute approximate surface area is 142 Å². The highest BCUT2D eigenvalue weighted by molar-refractivity contribution is 5.85. The quantitative estimate of drug-likeness (QED) is 0.920. The first-order chi connectivity index (χ1) is 10.7. The van der Waals surface area contributed by atoms with Crippen LogP contribution in [-0.2, 0) is 11.2 Å². The number of hydrogen-bond acceptors (Lipinski definition) is 4. The molecule has 1 aromatic carbocycles. The Balaban J connectivity index is 0.00000192. The van der Waals surface area contributed by atoms with E-state index in [-0.39, 0.29) is 24.4 Å². The number of amides is 1. The molecule has 23 heavy (non-hydrogen) atoms. The van der Waals surface area contributed by atoms with Gasteiger partial charge >= 0.3 is 0 Å². The van der Waals surface area contributed by atoms with Crippen molar-refractivity contribution in [3.63, 3.8) is 0 Å². The van der Waals surface area contributed by atoms with Gasteiger partial charge in [0.05, 0.1) is 23.5 Å². The van der Waals surface area contributed by atoms with Gasteiger partial charge < -0.3 is 10.2 Å². The van der Waals surface area contributed by atoms with Crippen LogP contribution in [-0.4, -0.2) is 51.5 Å². The second-order valence-corrected chi connectivity index (χ2v) is 5.69. The van der Waals surface area contributed by atoms with Gasteiger partial charge in [0.2, 0.25) is 5.91 Å². The van der Waals surface area contributed by atoms with E-state index in [1.807, 2.05) is 42.2 Å². The fourth-order valence-corrected chi connectivity index (χ4v) is 2.79. The van der Waals surface area contributed by atoms with Crippen molar-refractivity contribution in [2.24, 2.45) is 0 Å². The largest absolute Gasteiger partial charge is 0.337 e. The van der Waals surface area contributed by atoms with Crippen molar-refractivity contribution in [2.75, 3.05) is 19.6 Å². The number of carbonyl (C=O) groups is 1. The molecule has 6 nitrogen and oxygen atoms in total. The molecule has 7 heteroatoms. The molecule has 0 spiro atoms. The Morgan fingerprint density at radius 3 is 2.78 bits per heavy atom. The molecule has 2 heterocycles. The van der Waals surface area contributed by atoms with Crippen molar-refractivity contribution < 1.29 is 4.79 Å². The monoisotopic (exact) mass is 335 g/mol. The summed E-state index contributed by atoms with van der Waals surface area (Å²) in [5.74, 6) is 0.122. The summed E-state index contributed by atoms with van der Waals surface area (Å²) in [6, 6.07) is 10.1. The lowest BCUT2D eigenvalue weighted by molar-refractivity contribution is -0.133. The third-order valence-electron chi connectivity index (χ3n) is 4.13. The summed E-state index contributed by atoms with van der Waals surface area (Å²) in [4.78, 5) is 14.4. The summed E-state index contributed by atoms with van der Waals surface area (Å²) in [5.41, 5.74) is 2.63. The zero-order valence-corrected chi connectivity index (χ0v) is 14.2. The Morgan fingerprint density at radius 2 is 2.09 bits per heavy atom. The molecule has 2 aromatic rings. The Kier molecular flexibility index (Phi) is 5.74. The van der Waals surface area contributed by atoms with Gasteiger partial charge in [-0.1, -0.05) is 23.4 Å². The van der Waals surface area contributed by atoms with Crippen molar-refractivity contribution in [2.45, 2.75) is 26.3 Å². The van der Waals surface area contributed by atoms with Gasteiger partial charge in [-0.3, -0.25) is 4.79 Å². The molecule has 0 radical (unpaired) electrons. The van der Waals surface area contributed by atoms with E-state index in [9.17, 15) is 4.79 Å². The zero-order chi connectivity index (χ0) is 15.5. The molecule has 3 rings (SSSR count). The van der Waals surface area contributed by atoms with E-state index in [1.165, 1.54) is 0 Å². The van der Waals surface area contributed by atoms with Crippen LogP contribution in [0.2, 0.25) is 0 Å². The standard InChI is InChI=1S/C16H21N5O.ClH/c1-12-11-17-8-9-20(12)16(22)10-15-13(2)21(19-18-15)14-6-4-3-5-7-14;/h3-7,12,17H,8-11H2,1-2H3;1H/t12-;/m1./s1. The highest BCUT2D eigenvalue weighted by Crippen LogP contribution is 2.14. The molecule has 1 atom stereocenters. The van der Waals surface area contributed by atoms with Crippen LogP contribution in [0.1, 0.15) is 18.3 Å². The smallest absolute Gasteiger partial charge is 0.229 e. The van der Waals surface area contributed by atoms with Crippen LogP contribution in [0.3, 0.4) is 0 Å². The molecule has 1 aliphatic rings. The van der Waals surface area contributed by atoms with E-state index in [0.29, 0.717) is 6.42 Å². The number of piperazine rings is 1. The van der Waals surface area contributed by atoms with E-state index >= 15 is 0 Å². The van der Waals surface area contributed by atoms with Crippen molar-refractivity contribution in [1.82, 2.24) is 25.2 Å². The second kappa shape index (κ2) is 7.57. The second-order valence-electron chi connectivity index (χ2n) is 5.69. The number of halogens is 1. The maximum absolute atomic E-state index is 12.5. The van der Waals surface area contributed by atoms with Gasteiger partial charge in [-0.15, -0.1) is 17.5 Å². The number of rotatable bonds is 3. The van der Waals surface area contributed by atoms with Gasteiger partial charge in [-0.05, 0) is 26.0 Å². The number of benzene rings is 1. The van der Waals surface area contributed by atoms with Crippen molar-refractivity contribution in [3.8, 4) is 5.69 Å². The maximum Gasteiger partial charge on any atom is 0.229 e. The summed E-state index contributed by atoms with van der Waals surface area (Å²) in [7, 11) is 0. The van der Waals surface area contributed by atoms with Gasteiger partial charge in [0.1, 0.15) is 0 Å².